The number of anilines is 1. The Balaban J connectivity index is 1.43. The maximum Gasteiger partial charge on any atom is 0.264 e. The molecule has 1 saturated carbocycles. The summed E-state index contributed by atoms with van der Waals surface area (Å²) < 4.78 is 41.1. The molecule has 0 saturated heterocycles. The molecule has 232 valence electrons. The number of rotatable bonds is 1. The van der Waals surface area contributed by atoms with Crippen LogP contribution in [0, 0.1) is 17.8 Å². The second-order valence-electron chi connectivity index (χ2n) is 13.2. The van der Waals surface area contributed by atoms with Crippen LogP contribution in [0.25, 0.3) is 0 Å². The van der Waals surface area contributed by atoms with Gasteiger partial charge in [0, 0.05) is 29.1 Å². The fraction of sp³-hybridized carbons (Fsp3) is 0.559. The number of amides is 1. The third kappa shape index (κ3) is 5.89. The number of aryl methyl sites for hydroxylation is 1. The highest BCUT2D eigenvalue weighted by Gasteiger charge is 2.44. The number of carbonyl (C=O) groups is 1. The SMILES string of the molecule is CO/C=C1\CCC[C@H](C)[C@@H](C)S(=O)(=O)NC(=O)c2ccc3c(c2)N(C[C@@H]2CC[C@@H]12)C[C@@]1(CCCc2cc(Cl)ccc21)CO3. The Morgan fingerprint density at radius 1 is 1.09 bits per heavy atom. The Hall–Kier alpha value is -2.71. The summed E-state index contributed by atoms with van der Waals surface area (Å²) in [5.41, 5.74) is 4.83. The lowest BCUT2D eigenvalue weighted by molar-refractivity contribution is 0.0980. The van der Waals surface area contributed by atoms with Crippen molar-refractivity contribution in [3.05, 3.63) is 69.9 Å². The molecule has 43 heavy (non-hydrogen) atoms. The van der Waals surface area contributed by atoms with E-state index in [0.717, 1.165) is 80.9 Å². The van der Waals surface area contributed by atoms with Crippen molar-refractivity contribution in [3.8, 4) is 5.75 Å². The number of halogens is 1. The van der Waals surface area contributed by atoms with Crippen molar-refractivity contribution < 1.29 is 22.7 Å². The van der Waals surface area contributed by atoms with Crippen LogP contribution < -0.4 is 14.4 Å². The van der Waals surface area contributed by atoms with E-state index in [1.54, 1.807) is 20.1 Å². The highest BCUT2D eigenvalue weighted by Crippen LogP contribution is 2.48. The van der Waals surface area contributed by atoms with Crippen LogP contribution in [0.2, 0.25) is 5.02 Å². The smallest absolute Gasteiger partial charge is 0.264 e. The maximum atomic E-state index is 13.4. The topological polar surface area (TPSA) is 84.9 Å². The number of hydrogen-bond acceptors (Lipinski definition) is 6. The number of methoxy groups -OCH3 is 1. The van der Waals surface area contributed by atoms with Gasteiger partial charge < -0.3 is 14.4 Å². The van der Waals surface area contributed by atoms with Crippen LogP contribution in [0.3, 0.4) is 0 Å². The lowest BCUT2D eigenvalue weighted by Gasteiger charge is -2.45. The molecule has 5 atom stereocenters. The van der Waals surface area contributed by atoms with Gasteiger partial charge in [0.05, 0.1) is 30.9 Å². The summed E-state index contributed by atoms with van der Waals surface area (Å²) >= 11 is 6.42. The van der Waals surface area contributed by atoms with Crippen molar-refractivity contribution in [2.75, 3.05) is 31.7 Å². The summed E-state index contributed by atoms with van der Waals surface area (Å²) in [6, 6.07) is 11.6. The van der Waals surface area contributed by atoms with Gasteiger partial charge in [-0.1, -0.05) is 24.6 Å². The molecule has 4 aliphatic rings. The van der Waals surface area contributed by atoms with Gasteiger partial charge in [0.2, 0.25) is 10.0 Å². The quantitative estimate of drug-likeness (QED) is 0.357. The van der Waals surface area contributed by atoms with E-state index in [9.17, 15) is 13.2 Å². The van der Waals surface area contributed by atoms with Crippen LogP contribution >= 0.6 is 11.6 Å². The first kappa shape index (κ1) is 30.3. The Labute approximate surface area is 261 Å². The van der Waals surface area contributed by atoms with Gasteiger partial charge in [-0.3, -0.25) is 4.79 Å². The molecule has 1 N–H and O–H groups in total. The van der Waals surface area contributed by atoms with Gasteiger partial charge in [-0.25, -0.2) is 13.1 Å². The van der Waals surface area contributed by atoms with Crippen molar-refractivity contribution >= 4 is 33.2 Å². The molecule has 2 bridgehead atoms. The van der Waals surface area contributed by atoms with E-state index in [2.05, 4.69) is 21.8 Å². The molecule has 2 aliphatic heterocycles. The van der Waals surface area contributed by atoms with Gasteiger partial charge in [-0.05, 0) is 123 Å². The number of fused-ring (bicyclic) bond motifs is 4. The Morgan fingerprint density at radius 2 is 1.93 bits per heavy atom. The zero-order valence-electron chi connectivity index (χ0n) is 25.4. The van der Waals surface area contributed by atoms with E-state index in [1.165, 1.54) is 16.7 Å². The summed E-state index contributed by atoms with van der Waals surface area (Å²) in [5, 5.41) is 0.0544. The standard InChI is InChI=1S/C34H43ClN2O5S/c1-22-6-4-7-27(19-41-3)29-12-9-26(29)18-37-20-34(15-5-8-24-16-28(35)11-13-30(24)34)21-42-32-14-10-25(17-31(32)37)33(38)36-43(39,40)23(22)2/h10-11,13-14,16-17,19,22-23,26,29H,4-9,12,15,18,20-21H2,1-3H3,(H,36,38)/b27-19+/t22-,23+,26-,29+,34-/m0/s1. The number of nitrogens with one attached hydrogen (secondary N) is 1. The summed E-state index contributed by atoms with van der Waals surface area (Å²) in [7, 11) is -2.16. The van der Waals surface area contributed by atoms with E-state index >= 15 is 0 Å². The van der Waals surface area contributed by atoms with Gasteiger partial charge in [0.15, 0.2) is 0 Å². The van der Waals surface area contributed by atoms with Gasteiger partial charge in [-0.15, -0.1) is 0 Å². The molecule has 1 amide bonds. The Bertz CT molecular complexity index is 1520. The molecule has 0 radical (unpaired) electrons. The van der Waals surface area contributed by atoms with Crippen LogP contribution in [-0.4, -0.2) is 46.4 Å². The number of carbonyl (C=O) groups excluding carboxylic acids is 1. The third-order valence-corrected chi connectivity index (χ3v) is 12.7. The highest BCUT2D eigenvalue weighted by atomic mass is 35.5. The molecule has 2 heterocycles. The fourth-order valence-corrected chi connectivity index (χ4v) is 9.25. The molecule has 7 nitrogen and oxygen atoms in total. The number of allylic oxidation sites excluding steroid dienone is 1. The number of benzene rings is 2. The molecule has 6 rings (SSSR count). The van der Waals surface area contributed by atoms with Crippen molar-refractivity contribution in [2.45, 2.75) is 75.9 Å². The van der Waals surface area contributed by atoms with Crippen molar-refractivity contribution in [1.82, 2.24) is 4.72 Å². The highest BCUT2D eigenvalue weighted by molar-refractivity contribution is 7.90. The number of ether oxygens (including phenoxy) is 2. The molecule has 1 fully saturated rings. The van der Waals surface area contributed by atoms with Crippen LogP contribution in [0.15, 0.2) is 48.2 Å². The normalized spacial score (nSPS) is 31.6. The van der Waals surface area contributed by atoms with E-state index in [-0.39, 0.29) is 11.3 Å². The second kappa shape index (κ2) is 12.0. The summed E-state index contributed by atoms with van der Waals surface area (Å²) in [6.45, 7) is 5.75. The van der Waals surface area contributed by atoms with Gasteiger partial charge >= 0.3 is 0 Å². The average Bonchev–Trinajstić information content (AvgIpc) is 3.11. The molecule has 2 aromatic carbocycles. The lowest BCUT2D eigenvalue weighted by atomic mass is 9.67. The van der Waals surface area contributed by atoms with E-state index in [1.807, 2.05) is 31.4 Å². The van der Waals surface area contributed by atoms with E-state index in [0.29, 0.717) is 24.0 Å². The predicted octanol–water partition coefficient (Wildman–Crippen LogP) is 6.64. The molecular formula is C34H43ClN2O5S. The predicted molar refractivity (Wildman–Crippen MR) is 170 cm³/mol. The average molecular weight is 627 g/mol. The zero-order valence-corrected chi connectivity index (χ0v) is 27.0. The lowest BCUT2D eigenvalue weighted by Crippen LogP contribution is -2.48. The summed E-state index contributed by atoms with van der Waals surface area (Å²) in [6.07, 6.45) is 9.71. The van der Waals surface area contributed by atoms with Crippen molar-refractivity contribution in [1.29, 1.82) is 0 Å². The zero-order chi connectivity index (χ0) is 30.4. The molecule has 0 aromatic heterocycles. The number of sulfonamides is 1. The van der Waals surface area contributed by atoms with Crippen LogP contribution in [0.4, 0.5) is 5.69 Å². The van der Waals surface area contributed by atoms with Crippen LogP contribution in [-0.2, 0) is 26.6 Å². The van der Waals surface area contributed by atoms with Gasteiger partial charge in [0.25, 0.3) is 5.91 Å². The molecule has 0 unspecified atom stereocenters. The maximum absolute atomic E-state index is 13.4. The minimum absolute atomic E-state index is 0.0976. The first-order chi connectivity index (χ1) is 20.6. The molecular weight excluding hydrogens is 584 g/mol. The minimum atomic E-state index is -3.86. The summed E-state index contributed by atoms with van der Waals surface area (Å²) in [4.78, 5) is 15.8. The Kier molecular flexibility index (Phi) is 8.46. The molecule has 2 aromatic rings. The number of hydrogen-bond donors (Lipinski definition) is 1. The summed E-state index contributed by atoms with van der Waals surface area (Å²) in [5.74, 6) is 0.887. The first-order valence-electron chi connectivity index (χ1n) is 15.7. The molecule has 2 aliphatic carbocycles. The number of nitrogens with zero attached hydrogens (tertiary/aromatic N) is 1. The fourth-order valence-electron chi connectivity index (χ4n) is 7.75. The minimum Gasteiger partial charge on any atom is -0.504 e. The van der Waals surface area contributed by atoms with Crippen LogP contribution in [0.5, 0.6) is 5.75 Å². The van der Waals surface area contributed by atoms with E-state index < -0.39 is 21.2 Å². The van der Waals surface area contributed by atoms with E-state index in [4.69, 9.17) is 21.1 Å². The Morgan fingerprint density at radius 3 is 2.70 bits per heavy atom. The molecule has 9 heteroatoms. The molecule has 1 spiro atoms. The van der Waals surface area contributed by atoms with Crippen LogP contribution in [0.1, 0.15) is 80.3 Å². The van der Waals surface area contributed by atoms with Crippen molar-refractivity contribution in [2.24, 2.45) is 17.8 Å². The van der Waals surface area contributed by atoms with Gasteiger partial charge in [-0.2, -0.15) is 0 Å². The van der Waals surface area contributed by atoms with Crippen molar-refractivity contribution in [3.63, 3.8) is 0 Å². The monoisotopic (exact) mass is 626 g/mol. The largest absolute Gasteiger partial charge is 0.504 e. The third-order valence-electron chi connectivity index (χ3n) is 10.6. The second-order valence-corrected chi connectivity index (χ2v) is 15.7. The van der Waals surface area contributed by atoms with Gasteiger partial charge in [0.1, 0.15) is 5.75 Å². The first-order valence-corrected chi connectivity index (χ1v) is 17.6.